The zero-order valence-corrected chi connectivity index (χ0v) is 11.1. The highest BCUT2D eigenvalue weighted by atomic mass is 32.2. The van der Waals surface area contributed by atoms with Gasteiger partial charge in [-0.05, 0) is 26.2 Å². The SMILES string of the molecule is CN(C)CCN(C)c1ncccc1S(N)(=O)=O. The molecular weight excluding hydrogens is 240 g/mol. The van der Waals surface area contributed by atoms with Gasteiger partial charge < -0.3 is 9.80 Å². The molecule has 0 aliphatic heterocycles. The van der Waals surface area contributed by atoms with E-state index in [0.29, 0.717) is 12.4 Å². The second-order valence-corrected chi connectivity index (χ2v) is 5.62. The van der Waals surface area contributed by atoms with Crippen LogP contribution in [0.4, 0.5) is 5.82 Å². The molecule has 0 atom stereocenters. The lowest BCUT2D eigenvalue weighted by Gasteiger charge is -2.22. The number of hydrogen-bond donors (Lipinski definition) is 1. The van der Waals surface area contributed by atoms with Crippen molar-refractivity contribution in [2.24, 2.45) is 5.14 Å². The van der Waals surface area contributed by atoms with Crippen LogP contribution in [-0.4, -0.2) is 52.5 Å². The zero-order valence-electron chi connectivity index (χ0n) is 10.3. The van der Waals surface area contributed by atoms with Gasteiger partial charge >= 0.3 is 0 Å². The Balaban J connectivity index is 2.98. The molecule has 0 aromatic carbocycles. The van der Waals surface area contributed by atoms with Crippen molar-refractivity contribution in [1.29, 1.82) is 0 Å². The number of aromatic nitrogens is 1. The molecular formula is C10H18N4O2S. The Morgan fingerprint density at radius 3 is 2.47 bits per heavy atom. The van der Waals surface area contributed by atoms with E-state index < -0.39 is 10.0 Å². The smallest absolute Gasteiger partial charge is 0.241 e. The van der Waals surface area contributed by atoms with Gasteiger partial charge in [0.05, 0.1) is 0 Å². The van der Waals surface area contributed by atoms with Gasteiger partial charge in [0.25, 0.3) is 0 Å². The third-order valence-corrected chi connectivity index (χ3v) is 3.23. The summed E-state index contributed by atoms with van der Waals surface area (Å²) in [7, 11) is 1.96. The first-order valence-electron chi connectivity index (χ1n) is 5.16. The minimum atomic E-state index is -3.73. The quantitative estimate of drug-likeness (QED) is 0.786. The summed E-state index contributed by atoms with van der Waals surface area (Å²) in [6.45, 7) is 1.48. The minimum Gasteiger partial charge on any atom is -0.357 e. The lowest BCUT2D eigenvalue weighted by molar-refractivity contribution is 0.416. The van der Waals surface area contributed by atoms with E-state index in [0.717, 1.165) is 6.54 Å². The van der Waals surface area contributed by atoms with Crippen molar-refractivity contribution < 1.29 is 8.42 Å². The van der Waals surface area contributed by atoms with E-state index in [2.05, 4.69) is 4.98 Å². The van der Waals surface area contributed by atoms with E-state index in [1.807, 2.05) is 19.0 Å². The molecule has 96 valence electrons. The third-order valence-electron chi connectivity index (χ3n) is 2.30. The molecule has 1 heterocycles. The van der Waals surface area contributed by atoms with E-state index in [1.54, 1.807) is 24.2 Å². The van der Waals surface area contributed by atoms with E-state index in [9.17, 15) is 8.42 Å². The van der Waals surface area contributed by atoms with Gasteiger partial charge in [0, 0.05) is 26.3 Å². The Bertz CT molecular complexity index is 473. The van der Waals surface area contributed by atoms with Crippen LogP contribution in [-0.2, 0) is 10.0 Å². The largest absolute Gasteiger partial charge is 0.357 e. The van der Waals surface area contributed by atoms with Gasteiger partial charge in [-0.2, -0.15) is 0 Å². The highest BCUT2D eigenvalue weighted by Crippen LogP contribution is 2.19. The lowest BCUT2D eigenvalue weighted by Crippen LogP contribution is -2.30. The van der Waals surface area contributed by atoms with Gasteiger partial charge in [-0.1, -0.05) is 0 Å². The fourth-order valence-electron chi connectivity index (χ4n) is 1.35. The van der Waals surface area contributed by atoms with Crippen molar-refractivity contribution in [3.63, 3.8) is 0 Å². The second kappa shape index (κ2) is 5.44. The number of sulfonamides is 1. The standard InChI is InChI=1S/C10H18N4O2S/c1-13(2)7-8-14(3)10-9(17(11,15)16)5-4-6-12-10/h4-6H,7-8H2,1-3H3,(H2,11,15,16). The van der Waals surface area contributed by atoms with Crippen LogP contribution in [0.1, 0.15) is 0 Å². The molecule has 0 radical (unpaired) electrons. The molecule has 0 fully saturated rings. The maximum absolute atomic E-state index is 11.4. The molecule has 1 aromatic heterocycles. The maximum atomic E-state index is 11.4. The first-order chi connectivity index (χ1) is 7.82. The van der Waals surface area contributed by atoms with Crippen molar-refractivity contribution in [2.75, 3.05) is 39.1 Å². The Hall–Kier alpha value is -1.18. The summed E-state index contributed by atoms with van der Waals surface area (Å²) < 4.78 is 22.8. The topological polar surface area (TPSA) is 79.5 Å². The summed E-state index contributed by atoms with van der Waals surface area (Å²) in [5.41, 5.74) is 0. The van der Waals surface area contributed by atoms with Crippen molar-refractivity contribution in [1.82, 2.24) is 9.88 Å². The molecule has 0 saturated heterocycles. The average Bonchev–Trinajstić information content (AvgIpc) is 2.24. The third kappa shape index (κ3) is 3.95. The summed E-state index contributed by atoms with van der Waals surface area (Å²) in [5.74, 6) is 0.386. The minimum absolute atomic E-state index is 0.0567. The number of nitrogens with two attached hydrogens (primary N) is 1. The molecule has 0 aliphatic rings. The predicted octanol–water partition coefficient (Wildman–Crippen LogP) is -0.273. The second-order valence-electron chi connectivity index (χ2n) is 4.09. The van der Waals surface area contributed by atoms with Crippen molar-refractivity contribution >= 4 is 15.8 Å². The fraction of sp³-hybridized carbons (Fsp3) is 0.500. The van der Waals surface area contributed by atoms with Crippen molar-refractivity contribution in [3.05, 3.63) is 18.3 Å². The maximum Gasteiger partial charge on any atom is 0.241 e. The van der Waals surface area contributed by atoms with Gasteiger partial charge in [-0.3, -0.25) is 0 Å². The number of primary sulfonamides is 1. The number of anilines is 1. The molecule has 1 rings (SSSR count). The molecule has 0 amide bonds. The van der Waals surface area contributed by atoms with Crippen LogP contribution in [0.2, 0.25) is 0 Å². The summed E-state index contributed by atoms with van der Waals surface area (Å²) in [4.78, 5) is 7.92. The molecule has 2 N–H and O–H groups in total. The first kappa shape index (κ1) is 13.9. The molecule has 0 unspecified atom stereocenters. The number of nitrogens with zero attached hydrogens (tertiary/aromatic N) is 3. The van der Waals surface area contributed by atoms with Crippen LogP contribution in [0.3, 0.4) is 0 Å². The van der Waals surface area contributed by atoms with Crippen molar-refractivity contribution in [2.45, 2.75) is 4.90 Å². The summed E-state index contributed by atoms with van der Waals surface area (Å²) in [5, 5.41) is 5.15. The molecule has 0 bridgehead atoms. The highest BCUT2D eigenvalue weighted by molar-refractivity contribution is 7.89. The van der Waals surface area contributed by atoms with Crippen molar-refractivity contribution in [3.8, 4) is 0 Å². The van der Waals surface area contributed by atoms with Crippen LogP contribution in [0.25, 0.3) is 0 Å². The van der Waals surface area contributed by atoms with Gasteiger partial charge in [0.1, 0.15) is 10.7 Å². The van der Waals surface area contributed by atoms with Gasteiger partial charge in [-0.15, -0.1) is 0 Å². The zero-order chi connectivity index (χ0) is 13.1. The Morgan fingerprint density at radius 1 is 1.29 bits per heavy atom. The average molecular weight is 258 g/mol. The normalized spacial score (nSPS) is 11.8. The molecule has 7 heteroatoms. The molecule has 1 aromatic rings. The molecule has 6 nitrogen and oxygen atoms in total. The molecule has 0 saturated carbocycles. The fourth-order valence-corrected chi connectivity index (χ4v) is 2.08. The Kier molecular flexibility index (Phi) is 4.44. The van der Waals surface area contributed by atoms with Crippen LogP contribution in [0, 0.1) is 0 Å². The number of pyridine rings is 1. The molecule has 17 heavy (non-hydrogen) atoms. The number of likely N-dealkylation sites (N-methyl/N-ethyl adjacent to an activating group) is 2. The van der Waals surface area contributed by atoms with E-state index in [4.69, 9.17) is 5.14 Å². The van der Waals surface area contributed by atoms with Crippen LogP contribution < -0.4 is 10.0 Å². The number of hydrogen-bond acceptors (Lipinski definition) is 5. The summed E-state index contributed by atoms with van der Waals surface area (Å²) >= 11 is 0. The molecule has 0 aliphatic carbocycles. The van der Waals surface area contributed by atoms with Crippen LogP contribution in [0.5, 0.6) is 0 Å². The Morgan fingerprint density at radius 2 is 1.94 bits per heavy atom. The Labute approximate surface area is 102 Å². The van der Waals surface area contributed by atoms with Crippen LogP contribution >= 0.6 is 0 Å². The van der Waals surface area contributed by atoms with Crippen LogP contribution in [0.15, 0.2) is 23.2 Å². The van der Waals surface area contributed by atoms with E-state index >= 15 is 0 Å². The van der Waals surface area contributed by atoms with E-state index in [-0.39, 0.29) is 4.90 Å². The summed E-state index contributed by atoms with van der Waals surface area (Å²) in [6.07, 6.45) is 1.55. The van der Waals surface area contributed by atoms with Gasteiger partial charge in [-0.25, -0.2) is 18.5 Å². The first-order valence-corrected chi connectivity index (χ1v) is 6.70. The van der Waals surface area contributed by atoms with E-state index in [1.165, 1.54) is 6.07 Å². The monoisotopic (exact) mass is 258 g/mol. The van der Waals surface area contributed by atoms with Gasteiger partial charge in [0.2, 0.25) is 10.0 Å². The summed E-state index contributed by atoms with van der Waals surface area (Å²) in [6, 6.07) is 3.02. The number of rotatable bonds is 5. The highest BCUT2D eigenvalue weighted by Gasteiger charge is 2.17. The molecule has 0 spiro atoms. The van der Waals surface area contributed by atoms with Gasteiger partial charge in [0.15, 0.2) is 0 Å². The predicted molar refractivity (Wildman–Crippen MR) is 67.4 cm³/mol. The lowest BCUT2D eigenvalue weighted by atomic mass is 10.4.